The highest BCUT2D eigenvalue weighted by Crippen LogP contribution is 1.90. The van der Waals surface area contributed by atoms with Crippen LogP contribution in [0.25, 0.3) is 0 Å². The monoisotopic (exact) mass is 162 g/mol. The first kappa shape index (κ1) is 9.39. The fourth-order valence-corrected chi connectivity index (χ4v) is 1.11. The highest BCUT2D eigenvalue weighted by Gasteiger charge is 2.01. The predicted molar refractivity (Wildman–Crippen MR) is 40.2 cm³/mol. The molecule has 0 aromatic heterocycles. The van der Waals surface area contributed by atoms with Crippen LogP contribution in [0.5, 0.6) is 0 Å². The Labute approximate surface area is 60.6 Å². The van der Waals surface area contributed by atoms with Gasteiger partial charge in [0.25, 0.3) is 0 Å². The van der Waals surface area contributed by atoms with Gasteiger partial charge in [-0.25, -0.2) is 8.42 Å². The van der Waals surface area contributed by atoms with Crippen molar-refractivity contribution in [1.29, 1.82) is 0 Å². The van der Waals surface area contributed by atoms with Gasteiger partial charge in [-0.1, -0.05) is 18.7 Å². The zero-order valence-electron chi connectivity index (χ0n) is 5.53. The maximum atomic E-state index is 10.7. The Morgan fingerprint density at radius 1 is 1.50 bits per heavy atom. The van der Waals surface area contributed by atoms with Crippen LogP contribution in [0.1, 0.15) is 0 Å². The number of rotatable bonds is 4. The lowest BCUT2D eigenvalue weighted by atomic mass is 10.6. The van der Waals surface area contributed by atoms with Crippen molar-refractivity contribution in [3.8, 4) is 0 Å². The third-order valence-electron chi connectivity index (χ3n) is 0.798. The van der Waals surface area contributed by atoms with Crippen molar-refractivity contribution in [2.75, 3.05) is 12.4 Å². The van der Waals surface area contributed by atoms with Gasteiger partial charge in [-0.2, -0.15) is 0 Å². The van der Waals surface area contributed by atoms with Gasteiger partial charge in [-0.15, -0.1) is 0 Å². The van der Waals surface area contributed by atoms with Crippen LogP contribution in [0, 0.1) is 0 Å². The van der Waals surface area contributed by atoms with Crippen molar-refractivity contribution in [2.45, 2.75) is 0 Å². The number of sulfone groups is 1. The molecule has 0 spiro atoms. The van der Waals surface area contributed by atoms with E-state index in [4.69, 9.17) is 5.11 Å². The van der Waals surface area contributed by atoms with E-state index < -0.39 is 9.84 Å². The normalized spacial score (nSPS) is 12.1. The van der Waals surface area contributed by atoms with Crippen LogP contribution in [0.2, 0.25) is 0 Å². The second kappa shape index (κ2) is 4.24. The molecule has 0 rings (SSSR count). The molecule has 0 saturated carbocycles. The van der Waals surface area contributed by atoms with Gasteiger partial charge in [0, 0.05) is 5.41 Å². The molecule has 0 aromatic carbocycles. The summed E-state index contributed by atoms with van der Waals surface area (Å²) in [6.45, 7) is 2.97. The minimum Gasteiger partial charge on any atom is -0.395 e. The SMILES string of the molecule is C=C/C=C/S(=O)(=O)CCO. The van der Waals surface area contributed by atoms with Gasteiger partial charge in [0.2, 0.25) is 0 Å². The average molecular weight is 162 g/mol. The quantitative estimate of drug-likeness (QED) is 0.596. The van der Waals surface area contributed by atoms with E-state index in [0.717, 1.165) is 5.41 Å². The van der Waals surface area contributed by atoms with E-state index in [1.54, 1.807) is 0 Å². The second-order valence-electron chi connectivity index (χ2n) is 1.65. The van der Waals surface area contributed by atoms with Crippen LogP contribution in [0.15, 0.2) is 24.1 Å². The van der Waals surface area contributed by atoms with Gasteiger partial charge in [0.15, 0.2) is 9.84 Å². The van der Waals surface area contributed by atoms with Gasteiger partial charge in [0.05, 0.1) is 12.4 Å². The molecular formula is C6H10O3S. The van der Waals surface area contributed by atoms with Gasteiger partial charge < -0.3 is 5.11 Å². The minimum atomic E-state index is -3.20. The molecule has 0 fully saturated rings. The van der Waals surface area contributed by atoms with Crippen LogP contribution in [0.3, 0.4) is 0 Å². The first-order valence-electron chi connectivity index (χ1n) is 2.75. The molecule has 0 aliphatic rings. The second-order valence-corrected chi connectivity index (χ2v) is 3.66. The predicted octanol–water partition coefficient (Wildman–Crippen LogP) is 0.0932. The third-order valence-corrected chi connectivity index (χ3v) is 2.12. The molecule has 0 amide bonds. The van der Waals surface area contributed by atoms with E-state index in [0.29, 0.717) is 0 Å². The molecule has 0 bridgehead atoms. The summed E-state index contributed by atoms with van der Waals surface area (Å²) >= 11 is 0. The van der Waals surface area contributed by atoms with Gasteiger partial charge in [-0.05, 0) is 0 Å². The van der Waals surface area contributed by atoms with E-state index in [-0.39, 0.29) is 12.4 Å². The molecule has 0 heterocycles. The number of hydrogen-bond acceptors (Lipinski definition) is 3. The molecule has 4 heteroatoms. The molecular weight excluding hydrogens is 152 g/mol. The van der Waals surface area contributed by atoms with Crippen molar-refractivity contribution in [2.24, 2.45) is 0 Å². The van der Waals surface area contributed by atoms with Crippen molar-refractivity contribution in [3.63, 3.8) is 0 Å². The standard InChI is InChI=1S/C6H10O3S/c1-2-3-5-10(8,9)6-4-7/h2-3,5,7H,1,4,6H2/b5-3+. The first-order valence-corrected chi connectivity index (χ1v) is 4.46. The smallest absolute Gasteiger partial charge is 0.173 e. The molecule has 0 radical (unpaired) electrons. The fourth-order valence-electron chi connectivity index (χ4n) is 0.371. The fraction of sp³-hybridized carbons (Fsp3) is 0.333. The van der Waals surface area contributed by atoms with E-state index in [9.17, 15) is 8.42 Å². The van der Waals surface area contributed by atoms with E-state index in [2.05, 4.69) is 6.58 Å². The molecule has 0 aliphatic carbocycles. The summed E-state index contributed by atoms with van der Waals surface area (Å²) in [6, 6.07) is 0. The van der Waals surface area contributed by atoms with Crippen molar-refractivity contribution >= 4 is 9.84 Å². The van der Waals surface area contributed by atoms with Crippen LogP contribution in [0.4, 0.5) is 0 Å². The minimum absolute atomic E-state index is 0.225. The summed E-state index contributed by atoms with van der Waals surface area (Å²) in [4.78, 5) is 0. The summed E-state index contributed by atoms with van der Waals surface area (Å²) in [5.41, 5.74) is 0. The third kappa shape index (κ3) is 4.29. The Hall–Kier alpha value is -0.610. The molecule has 0 atom stereocenters. The Kier molecular flexibility index (Phi) is 3.99. The zero-order valence-corrected chi connectivity index (χ0v) is 6.34. The van der Waals surface area contributed by atoms with Crippen LogP contribution in [-0.4, -0.2) is 25.9 Å². The molecule has 10 heavy (non-hydrogen) atoms. The van der Waals surface area contributed by atoms with E-state index in [1.165, 1.54) is 12.2 Å². The largest absolute Gasteiger partial charge is 0.395 e. The Balaban J connectivity index is 4.14. The van der Waals surface area contributed by atoms with Crippen LogP contribution >= 0.6 is 0 Å². The van der Waals surface area contributed by atoms with Gasteiger partial charge in [0.1, 0.15) is 0 Å². The summed E-state index contributed by atoms with van der Waals surface area (Å²) in [5, 5.41) is 9.29. The summed E-state index contributed by atoms with van der Waals surface area (Å²) in [6.07, 6.45) is 2.69. The summed E-state index contributed by atoms with van der Waals surface area (Å²) < 4.78 is 21.4. The highest BCUT2D eigenvalue weighted by atomic mass is 32.2. The lowest BCUT2D eigenvalue weighted by Gasteiger charge is -1.90. The first-order chi connectivity index (χ1) is 4.62. The lowest BCUT2D eigenvalue weighted by Crippen LogP contribution is -2.05. The zero-order chi connectivity index (χ0) is 8.04. The van der Waals surface area contributed by atoms with Gasteiger partial charge in [-0.3, -0.25) is 0 Å². The molecule has 58 valence electrons. The van der Waals surface area contributed by atoms with Gasteiger partial charge >= 0.3 is 0 Å². The number of allylic oxidation sites excluding steroid dienone is 2. The molecule has 0 saturated heterocycles. The van der Waals surface area contributed by atoms with Crippen molar-refractivity contribution < 1.29 is 13.5 Å². The molecule has 0 unspecified atom stereocenters. The summed E-state index contributed by atoms with van der Waals surface area (Å²) in [7, 11) is -3.20. The number of aliphatic hydroxyl groups is 1. The molecule has 1 N–H and O–H groups in total. The topological polar surface area (TPSA) is 54.4 Å². The Morgan fingerprint density at radius 2 is 2.10 bits per heavy atom. The van der Waals surface area contributed by atoms with Crippen LogP contribution < -0.4 is 0 Å². The maximum absolute atomic E-state index is 10.7. The lowest BCUT2D eigenvalue weighted by molar-refractivity contribution is 0.320. The van der Waals surface area contributed by atoms with E-state index >= 15 is 0 Å². The molecule has 0 aromatic rings. The average Bonchev–Trinajstić information content (AvgIpc) is 1.84. The highest BCUT2D eigenvalue weighted by molar-refractivity contribution is 7.94. The van der Waals surface area contributed by atoms with Crippen molar-refractivity contribution in [3.05, 3.63) is 24.1 Å². The number of aliphatic hydroxyl groups excluding tert-OH is 1. The molecule has 0 aliphatic heterocycles. The van der Waals surface area contributed by atoms with Crippen LogP contribution in [-0.2, 0) is 9.84 Å². The Morgan fingerprint density at radius 3 is 2.50 bits per heavy atom. The summed E-state index contributed by atoms with van der Waals surface area (Å²) in [5.74, 6) is -0.225. The van der Waals surface area contributed by atoms with E-state index in [1.807, 2.05) is 0 Å². The maximum Gasteiger partial charge on any atom is 0.173 e. The molecule has 3 nitrogen and oxygen atoms in total. The number of hydrogen-bond donors (Lipinski definition) is 1. The Bertz CT molecular complexity index is 213. The van der Waals surface area contributed by atoms with Crippen molar-refractivity contribution in [1.82, 2.24) is 0 Å².